The molecule has 1 fully saturated rings. The third-order valence-corrected chi connectivity index (χ3v) is 7.95. The zero-order valence-corrected chi connectivity index (χ0v) is 22.1. The van der Waals surface area contributed by atoms with Crippen LogP contribution in [0.15, 0.2) is 66.7 Å². The fourth-order valence-corrected chi connectivity index (χ4v) is 5.89. The van der Waals surface area contributed by atoms with Gasteiger partial charge >= 0.3 is 0 Å². The molecule has 3 aromatic rings. The molecule has 2 aliphatic rings. The number of benzene rings is 3. The third kappa shape index (κ3) is 6.49. The summed E-state index contributed by atoms with van der Waals surface area (Å²) < 4.78 is 0. The van der Waals surface area contributed by atoms with Gasteiger partial charge < -0.3 is 5.32 Å². The fraction of sp³-hybridized carbons (Fsp3) is 0.367. The van der Waals surface area contributed by atoms with Crippen LogP contribution < -0.4 is 5.32 Å². The van der Waals surface area contributed by atoms with Crippen LogP contribution in [0.5, 0.6) is 0 Å². The van der Waals surface area contributed by atoms with Crippen molar-refractivity contribution in [1.29, 1.82) is 0 Å². The maximum Gasteiger partial charge on any atom is 0.224 e. The summed E-state index contributed by atoms with van der Waals surface area (Å²) in [6, 6.07) is 23.0. The summed E-state index contributed by atoms with van der Waals surface area (Å²) in [6.45, 7) is 6.04. The van der Waals surface area contributed by atoms with Gasteiger partial charge in [-0.05, 0) is 65.8 Å². The Morgan fingerprint density at radius 1 is 0.889 bits per heavy atom. The highest BCUT2D eigenvalue weighted by molar-refractivity contribution is 6.35. The fourth-order valence-electron chi connectivity index (χ4n) is 5.42. The molecule has 6 heteroatoms. The quantitative estimate of drug-likeness (QED) is 0.409. The van der Waals surface area contributed by atoms with Crippen LogP contribution in [-0.2, 0) is 37.4 Å². The highest BCUT2D eigenvalue weighted by Crippen LogP contribution is 2.25. The lowest BCUT2D eigenvalue weighted by atomic mass is 9.96. The van der Waals surface area contributed by atoms with Crippen molar-refractivity contribution >= 4 is 29.1 Å². The van der Waals surface area contributed by atoms with Gasteiger partial charge in [-0.25, -0.2) is 0 Å². The van der Waals surface area contributed by atoms with Gasteiger partial charge in [0.25, 0.3) is 0 Å². The van der Waals surface area contributed by atoms with Crippen LogP contribution in [0.1, 0.15) is 40.7 Å². The number of hydrogen-bond acceptors (Lipinski definition) is 3. The van der Waals surface area contributed by atoms with Crippen molar-refractivity contribution in [1.82, 2.24) is 15.1 Å². The summed E-state index contributed by atoms with van der Waals surface area (Å²) in [5, 5.41) is 4.52. The predicted molar refractivity (Wildman–Crippen MR) is 147 cm³/mol. The molecule has 2 aliphatic heterocycles. The number of nitrogens with zero attached hydrogens (tertiary/aromatic N) is 2. The molecule has 0 bridgehead atoms. The standard InChI is InChI=1S/C30H33Cl2N3O/c31-28-11-10-26(29(32)16-28)20-34-13-4-9-27(21-34)30(36)33-17-22-5-3-6-23(15-22)18-35-14-12-24-7-1-2-8-25(24)19-35/h1-3,5-8,10-11,15-16,27H,4,9,12-14,17-21H2,(H,33,36). The molecule has 1 saturated heterocycles. The molecule has 1 N–H and O–H groups in total. The first kappa shape index (κ1) is 25.3. The topological polar surface area (TPSA) is 35.6 Å². The minimum absolute atomic E-state index is 0.00132. The summed E-state index contributed by atoms with van der Waals surface area (Å²) in [5.74, 6) is 0.140. The van der Waals surface area contributed by atoms with Crippen LogP contribution in [0.4, 0.5) is 0 Å². The maximum absolute atomic E-state index is 13.0. The molecule has 1 amide bonds. The first-order valence-corrected chi connectivity index (χ1v) is 13.6. The number of halogens is 2. The number of fused-ring (bicyclic) bond motifs is 1. The van der Waals surface area contributed by atoms with Gasteiger partial charge in [0.15, 0.2) is 0 Å². The Hall–Kier alpha value is -2.37. The Balaban J connectivity index is 1.12. The van der Waals surface area contributed by atoms with Crippen molar-refractivity contribution < 1.29 is 4.79 Å². The molecular weight excluding hydrogens is 489 g/mol. The molecule has 1 atom stereocenters. The minimum Gasteiger partial charge on any atom is -0.352 e. The molecular formula is C30H33Cl2N3O. The van der Waals surface area contributed by atoms with E-state index >= 15 is 0 Å². The van der Waals surface area contributed by atoms with Gasteiger partial charge in [-0.2, -0.15) is 0 Å². The van der Waals surface area contributed by atoms with Crippen molar-refractivity contribution in [2.24, 2.45) is 5.92 Å². The van der Waals surface area contributed by atoms with Gasteiger partial charge in [-0.15, -0.1) is 0 Å². The van der Waals surface area contributed by atoms with Crippen molar-refractivity contribution in [2.45, 2.75) is 45.4 Å². The molecule has 0 spiro atoms. The maximum atomic E-state index is 13.0. The van der Waals surface area contributed by atoms with Gasteiger partial charge in [-0.1, -0.05) is 77.8 Å². The Kier molecular flexibility index (Phi) is 8.28. The molecule has 0 aromatic heterocycles. The van der Waals surface area contributed by atoms with E-state index < -0.39 is 0 Å². The largest absolute Gasteiger partial charge is 0.352 e. The van der Waals surface area contributed by atoms with E-state index in [1.54, 1.807) is 6.07 Å². The number of nitrogens with one attached hydrogen (secondary N) is 1. The highest BCUT2D eigenvalue weighted by Gasteiger charge is 2.26. The monoisotopic (exact) mass is 521 g/mol. The second-order valence-corrected chi connectivity index (χ2v) is 10.9. The molecule has 36 heavy (non-hydrogen) atoms. The third-order valence-electron chi connectivity index (χ3n) is 7.36. The van der Waals surface area contributed by atoms with E-state index in [0.29, 0.717) is 16.6 Å². The number of amides is 1. The molecule has 188 valence electrons. The minimum atomic E-state index is 0.00132. The van der Waals surface area contributed by atoms with Crippen LogP contribution in [0.25, 0.3) is 0 Å². The number of piperidine rings is 1. The molecule has 5 rings (SSSR count). The van der Waals surface area contributed by atoms with Crippen molar-refractivity contribution in [3.05, 3.63) is 105 Å². The molecule has 4 nitrogen and oxygen atoms in total. The average Bonchev–Trinajstić information content (AvgIpc) is 2.89. The summed E-state index contributed by atoms with van der Waals surface area (Å²) in [4.78, 5) is 17.8. The Labute approximate surface area is 224 Å². The second-order valence-electron chi connectivity index (χ2n) is 10.1. The Morgan fingerprint density at radius 3 is 2.58 bits per heavy atom. The second kappa shape index (κ2) is 11.8. The van der Waals surface area contributed by atoms with Crippen LogP contribution in [0.2, 0.25) is 10.0 Å². The lowest BCUT2D eigenvalue weighted by Crippen LogP contribution is -2.42. The average molecular weight is 523 g/mol. The van der Waals surface area contributed by atoms with Crippen LogP contribution in [0.3, 0.4) is 0 Å². The lowest BCUT2D eigenvalue weighted by Gasteiger charge is -2.32. The summed E-state index contributed by atoms with van der Waals surface area (Å²) >= 11 is 12.4. The Morgan fingerprint density at radius 2 is 1.72 bits per heavy atom. The Bertz CT molecular complexity index is 1210. The number of carbonyl (C=O) groups is 1. The number of likely N-dealkylation sites (tertiary alicyclic amines) is 1. The zero-order valence-electron chi connectivity index (χ0n) is 20.6. The smallest absolute Gasteiger partial charge is 0.224 e. The van der Waals surface area contributed by atoms with Gasteiger partial charge in [0.05, 0.1) is 5.92 Å². The molecule has 3 aromatic carbocycles. The van der Waals surface area contributed by atoms with E-state index in [2.05, 4.69) is 63.6 Å². The first-order valence-electron chi connectivity index (χ1n) is 12.8. The lowest BCUT2D eigenvalue weighted by molar-refractivity contribution is -0.126. The molecule has 0 aliphatic carbocycles. The predicted octanol–water partition coefficient (Wildman–Crippen LogP) is 6.08. The normalized spacial score (nSPS) is 18.6. The van der Waals surface area contributed by atoms with Gasteiger partial charge in [0.1, 0.15) is 0 Å². The first-order chi connectivity index (χ1) is 17.5. The molecule has 0 saturated carbocycles. The van der Waals surface area contributed by atoms with Gasteiger partial charge in [0.2, 0.25) is 5.91 Å². The number of carbonyl (C=O) groups excluding carboxylic acids is 1. The van der Waals surface area contributed by atoms with Gasteiger partial charge in [-0.3, -0.25) is 14.6 Å². The summed E-state index contributed by atoms with van der Waals surface area (Å²) in [5.41, 5.74) is 6.41. The molecule has 1 unspecified atom stereocenters. The van der Waals surface area contributed by atoms with E-state index in [0.717, 1.165) is 69.7 Å². The SMILES string of the molecule is O=C(NCc1cccc(CN2CCc3ccccc3C2)c1)C1CCCN(Cc2ccc(Cl)cc2Cl)C1. The van der Waals surface area contributed by atoms with E-state index in [9.17, 15) is 4.79 Å². The van der Waals surface area contributed by atoms with E-state index in [4.69, 9.17) is 23.2 Å². The molecule has 2 heterocycles. The van der Waals surface area contributed by atoms with Gasteiger partial charge in [0, 0.05) is 49.3 Å². The van der Waals surface area contributed by atoms with Crippen molar-refractivity contribution in [2.75, 3.05) is 19.6 Å². The summed E-state index contributed by atoms with van der Waals surface area (Å²) in [6.07, 6.45) is 3.04. The van der Waals surface area contributed by atoms with E-state index in [-0.39, 0.29) is 11.8 Å². The van der Waals surface area contributed by atoms with E-state index in [1.807, 2.05) is 12.1 Å². The van der Waals surface area contributed by atoms with Crippen LogP contribution in [-0.4, -0.2) is 35.3 Å². The summed E-state index contributed by atoms with van der Waals surface area (Å²) in [7, 11) is 0. The van der Waals surface area contributed by atoms with Crippen LogP contribution >= 0.6 is 23.2 Å². The van der Waals surface area contributed by atoms with Crippen LogP contribution in [0, 0.1) is 5.92 Å². The highest BCUT2D eigenvalue weighted by atomic mass is 35.5. The number of rotatable bonds is 7. The zero-order chi connectivity index (χ0) is 24.9. The van der Waals surface area contributed by atoms with Crippen molar-refractivity contribution in [3.8, 4) is 0 Å². The van der Waals surface area contributed by atoms with E-state index in [1.165, 1.54) is 16.7 Å². The number of hydrogen-bond donors (Lipinski definition) is 1. The molecule has 0 radical (unpaired) electrons. The van der Waals surface area contributed by atoms with Crippen molar-refractivity contribution in [3.63, 3.8) is 0 Å².